The molecule has 0 saturated carbocycles. The molecule has 2 aliphatic rings. The van der Waals surface area contributed by atoms with E-state index in [0.717, 1.165) is 11.1 Å². The molecule has 0 bridgehead atoms. The number of β-lactam (4-membered cyclic amide) rings is 1. The molecule has 2 heterocycles. The molecule has 2 aliphatic heterocycles. The van der Waals surface area contributed by atoms with Gasteiger partial charge >= 0.3 is 0 Å². The van der Waals surface area contributed by atoms with Crippen molar-refractivity contribution in [3.05, 3.63) is 101 Å². The molecule has 2 N–H and O–H groups in total. The van der Waals surface area contributed by atoms with Gasteiger partial charge in [0.2, 0.25) is 5.91 Å². The zero-order valence-electron chi connectivity index (χ0n) is 20.2. The standard InChI is InChI=1S/C29H26ClN3O4/c1-18-7-13-24-23(15-18)27(35)29(37)32(24)16-21(17-34)31-26-25(14-8-19-5-3-2-4-6-19)33(28(26)36)22-11-9-20(30)10-12-22/h2-15,21,25-26,31,34H,16-17H2,1H3/b14-8+/t21?,25-,26+/m1/s1. The molecular formula is C29H26ClN3O4. The molecule has 1 unspecified atom stereocenters. The van der Waals surface area contributed by atoms with Crippen LogP contribution in [0.15, 0.2) is 78.9 Å². The largest absolute Gasteiger partial charge is 0.395 e. The van der Waals surface area contributed by atoms with Crippen LogP contribution in [0.25, 0.3) is 6.08 Å². The van der Waals surface area contributed by atoms with Gasteiger partial charge in [0.15, 0.2) is 0 Å². The van der Waals surface area contributed by atoms with Gasteiger partial charge in [-0.1, -0.05) is 65.7 Å². The fourth-order valence-corrected chi connectivity index (χ4v) is 4.91. The number of fused-ring (bicyclic) bond motifs is 1. The lowest BCUT2D eigenvalue weighted by atomic mass is 9.91. The number of nitrogens with one attached hydrogen (secondary N) is 1. The number of aliphatic hydroxyl groups excluding tert-OH is 1. The van der Waals surface area contributed by atoms with Crippen LogP contribution in [-0.4, -0.2) is 54.0 Å². The Hall–Kier alpha value is -3.78. The van der Waals surface area contributed by atoms with Crippen LogP contribution in [0.3, 0.4) is 0 Å². The second-order valence-electron chi connectivity index (χ2n) is 9.23. The van der Waals surface area contributed by atoms with E-state index in [4.69, 9.17) is 11.6 Å². The Morgan fingerprint density at radius 2 is 1.76 bits per heavy atom. The Balaban J connectivity index is 1.38. The highest BCUT2D eigenvalue weighted by Gasteiger charge is 2.48. The van der Waals surface area contributed by atoms with Crippen molar-refractivity contribution in [3.8, 4) is 0 Å². The third kappa shape index (κ3) is 4.81. The SMILES string of the molecule is Cc1ccc2c(c1)C(=O)C(=O)N2CC(CO)N[C@@H]1C(=O)N(c2ccc(Cl)cc2)[C@@H]1/C=C/c1ccccc1. The number of rotatable bonds is 8. The van der Waals surface area contributed by atoms with Crippen molar-refractivity contribution >= 4 is 46.6 Å². The number of anilines is 2. The molecule has 3 aromatic rings. The number of aliphatic hydroxyl groups is 1. The Morgan fingerprint density at radius 1 is 1.03 bits per heavy atom. The summed E-state index contributed by atoms with van der Waals surface area (Å²) in [5.41, 5.74) is 3.46. The van der Waals surface area contributed by atoms with Crippen molar-refractivity contribution in [1.82, 2.24) is 5.32 Å². The van der Waals surface area contributed by atoms with E-state index < -0.39 is 23.8 Å². The first-order valence-electron chi connectivity index (χ1n) is 12.0. The van der Waals surface area contributed by atoms with Crippen LogP contribution >= 0.6 is 11.6 Å². The topological polar surface area (TPSA) is 90.0 Å². The molecule has 0 spiro atoms. The molecule has 0 aromatic heterocycles. The zero-order chi connectivity index (χ0) is 26.1. The van der Waals surface area contributed by atoms with E-state index in [1.165, 1.54) is 4.90 Å². The van der Waals surface area contributed by atoms with Gasteiger partial charge in [-0.05, 0) is 48.9 Å². The minimum Gasteiger partial charge on any atom is -0.395 e. The predicted octanol–water partition coefficient (Wildman–Crippen LogP) is 3.63. The van der Waals surface area contributed by atoms with Gasteiger partial charge in [-0.15, -0.1) is 0 Å². The summed E-state index contributed by atoms with van der Waals surface area (Å²) in [5.74, 6) is -1.36. The monoisotopic (exact) mass is 515 g/mol. The first-order chi connectivity index (χ1) is 17.9. The van der Waals surface area contributed by atoms with Gasteiger partial charge in [0.1, 0.15) is 6.04 Å². The third-order valence-corrected chi connectivity index (χ3v) is 6.95. The molecule has 188 valence electrons. The van der Waals surface area contributed by atoms with E-state index in [9.17, 15) is 19.5 Å². The van der Waals surface area contributed by atoms with Crippen LogP contribution in [-0.2, 0) is 9.59 Å². The van der Waals surface area contributed by atoms with Crippen LogP contribution in [0.5, 0.6) is 0 Å². The van der Waals surface area contributed by atoms with Crippen LogP contribution in [0, 0.1) is 6.92 Å². The van der Waals surface area contributed by atoms with Crippen LogP contribution in [0.1, 0.15) is 21.5 Å². The molecule has 37 heavy (non-hydrogen) atoms. The summed E-state index contributed by atoms with van der Waals surface area (Å²) in [6.07, 6.45) is 3.89. The van der Waals surface area contributed by atoms with Crippen LogP contribution in [0.4, 0.5) is 11.4 Å². The number of hydrogen-bond donors (Lipinski definition) is 2. The number of ketones is 1. The van der Waals surface area contributed by atoms with E-state index in [1.54, 1.807) is 41.3 Å². The second kappa shape index (κ2) is 10.3. The average Bonchev–Trinajstić information content (AvgIpc) is 3.14. The number of aryl methyl sites for hydroxylation is 1. The molecule has 1 fully saturated rings. The first kappa shape index (κ1) is 24.9. The number of carbonyl (C=O) groups excluding carboxylic acids is 3. The highest BCUT2D eigenvalue weighted by Crippen LogP contribution is 2.32. The summed E-state index contributed by atoms with van der Waals surface area (Å²) in [6, 6.07) is 20.5. The second-order valence-corrected chi connectivity index (χ2v) is 9.67. The molecule has 0 aliphatic carbocycles. The molecule has 0 radical (unpaired) electrons. The number of carbonyl (C=O) groups is 3. The summed E-state index contributed by atoms with van der Waals surface area (Å²) in [7, 11) is 0. The Bertz CT molecular complexity index is 1370. The van der Waals surface area contributed by atoms with Gasteiger partial charge in [-0.25, -0.2) is 0 Å². The summed E-state index contributed by atoms with van der Waals surface area (Å²) in [5, 5.41) is 14.0. The van der Waals surface area contributed by atoms with Gasteiger partial charge < -0.3 is 14.9 Å². The molecule has 7 nitrogen and oxygen atoms in total. The minimum atomic E-state index is -0.635. The number of nitrogens with zero attached hydrogens (tertiary/aromatic N) is 2. The van der Waals surface area contributed by atoms with Crippen molar-refractivity contribution in [2.75, 3.05) is 23.0 Å². The predicted molar refractivity (Wildman–Crippen MR) is 144 cm³/mol. The Kier molecular flexibility index (Phi) is 6.93. The summed E-state index contributed by atoms with van der Waals surface area (Å²) < 4.78 is 0. The fraction of sp³-hybridized carbons (Fsp3) is 0.207. The van der Waals surface area contributed by atoms with Crippen LogP contribution < -0.4 is 15.1 Å². The Morgan fingerprint density at radius 3 is 2.46 bits per heavy atom. The van der Waals surface area contributed by atoms with E-state index >= 15 is 0 Å². The number of Topliss-reactive ketones (excluding diaryl/α,β-unsaturated/α-hetero) is 1. The van der Waals surface area contributed by atoms with E-state index in [1.807, 2.05) is 55.5 Å². The molecule has 3 atom stereocenters. The van der Waals surface area contributed by atoms with Crippen molar-refractivity contribution in [3.63, 3.8) is 0 Å². The fourth-order valence-electron chi connectivity index (χ4n) is 4.78. The maximum atomic E-state index is 13.3. The number of amides is 2. The molecule has 8 heteroatoms. The lowest BCUT2D eigenvalue weighted by Gasteiger charge is -2.47. The normalized spacial score (nSPS) is 19.9. The molecule has 5 rings (SSSR count). The van der Waals surface area contributed by atoms with E-state index in [0.29, 0.717) is 22.0 Å². The lowest BCUT2D eigenvalue weighted by molar-refractivity contribution is -0.126. The first-order valence-corrected chi connectivity index (χ1v) is 12.4. The third-order valence-electron chi connectivity index (χ3n) is 6.70. The number of halogens is 1. The van der Waals surface area contributed by atoms with Gasteiger partial charge in [0.05, 0.1) is 23.9 Å². The van der Waals surface area contributed by atoms with Gasteiger partial charge in [-0.3, -0.25) is 19.7 Å². The average molecular weight is 516 g/mol. The lowest BCUT2D eigenvalue weighted by Crippen LogP contribution is -2.72. The van der Waals surface area contributed by atoms with Crippen molar-refractivity contribution in [1.29, 1.82) is 0 Å². The van der Waals surface area contributed by atoms with Gasteiger partial charge in [-0.2, -0.15) is 0 Å². The maximum absolute atomic E-state index is 13.3. The van der Waals surface area contributed by atoms with Gasteiger partial charge in [0, 0.05) is 23.3 Å². The van der Waals surface area contributed by atoms with Crippen molar-refractivity contribution in [2.24, 2.45) is 0 Å². The van der Waals surface area contributed by atoms with Crippen molar-refractivity contribution < 1.29 is 19.5 Å². The summed E-state index contributed by atoms with van der Waals surface area (Å²) in [6.45, 7) is 1.59. The molecule has 2 amide bonds. The van der Waals surface area contributed by atoms with Crippen LogP contribution in [0.2, 0.25) is 5.02 Å². The maximum Gasteiger partial charge on any atom is 0.299 e. The van der Waals surface area contributed by atoms with Gasteiger partial charge in [0.25, 0.3) is 11.7 Å². The number of hydrogen-bond acceptors (Lipinski definition) is 5. The molecule has 3 aromatic carbocycles. The van der Waals surface area contributed by atoms with E-state index in [2.05, 4.69) is 5.32 Å². The minimum absolute atomic E-state index is 0.0526. The highest BCUT2D eigenvalue weighted by atomic mass is 35.5. The smallest absolute Gasteiger partial charge is 0.299 e. The summed E-state index contributed by atoms with van der Waals surface area (Å²) in [4.78, 5) is 41.6. The Labute approximate surface area is 220 Å². The number of benzene rings is 3. The summed E-state index contributed by atoms with van der Waals surface area (Å²) >= 11 is 6.04. The molecule has 1 saturated heterocycles. The van der Waals surface area contributed by atoms with Crippen molar-refractivity contribution in [2.45, 2.75) is 25.0 Å². The van der Waals surface area contributed by atoms with E-state index in [-0.39, 0.29) is 25.1 Å². The zero-order valence-corrected chi connectivity index (χ0v) is 20.9. The highest BCUT2D eigenvalue weighted by molar-refractivity contribution is 6.52. The quantitative estimate of drug-likeness (QED) is 0.353. The molecular weight excluding hydrogens is 490 g/mol.